The summed E-state index contributed by atoms with van der Waals surface area (Å²) in [7, 11) is 0. The van der Waals surface area contributed by atoms with Gasteiger partial charge in [-0.3, -0.25) is 20.4 Å². The monoisotopic (exact) mass is 323 g/mol. The summed E-state index contributed by atoms with van der Waals surface area (Å²) in [6, 6.07) is 16.8. The Balaban J connectivity index is 1.46. The van der Waals surface area contributed by atoms with Crippen molar-refractivity contribution in [3.05, 3.63) is 72.2 Å². The van der Waals surface area contributed by atoms with E-state index in [0.29, 0.717) is 12.1 Å². The summed E-state index contributed by atoms with van der Waals surface area (Å²) in [6.45, 7) is 0. The Morgan fingerprint density at radius 2 is 1.79 bits per heavy atom. The summed E-state index contributed by atoms with van der Waals surface area (Å²) in [5.41, 5.74) is 6.11. The summed E-state index contributed by atoms with van der Waals surface area (Å²) in [5.74, 6) is 0.816. The van der Waals surface area contributed by atoms with E-state index in [-0.39, 0.29) is 12.3 Å². The average Bonchev–Trinajstić information content (AvgIpc) is 3.30. The summed E-state index contributed by atoms with van der Waals surface area (Å²) >= 11 is 0. The molecule has 6 heteroatoms. The number of nitrogens with one attached hydrogen (secondary N) is 3. The second-order valence-electron chi connectivity index (χ2n) is 5.22. The first-order chi connectivity index (χ1) is 11.7. The third-order valence-corrected chi connectivity index (χ3v) is 3.48. The fourth-order valence-electron chi connectivity index (χ4n) is 2.23. The molecule has 0 bridgehead atoms. The Labute approximate surface area is 138 Å². The van der Waals surface area contributed by atoms with Gasteiger partial charge in [0.15, 0.2) is 0 Å². The van der Waals surface area contributed by atoms with Crippen LogP contribution in [0.25, 0.3) is 11.3 Å². The number of hydrogen-bond donors (Lipinski definition) is 3. The van der Waals surface area contributed by atoms with Gasteiger partial charge in [0.05, 0.1) is 0 Å². The fourth-order valence-corrected chi connectivity index (χ4v) is 2.23. The molecule has 0 unspecified atom stereocenters. The lowest BCUT2D eigenvalue weighted by Gasteiger charge is -2.05. The molecule has 3 aromatic rings. The zero-order chi connectivity index (χ0) is 16.8. The van der Waals surface area contributed by atoms with Gasteiger partial charge in [0.2, 0.25) is 5.91 Å². The Hall–Kier alpha value is -3.28. The molecule has 2 aromatic heterocycles. The van der Waals surface area contributed by atoms with E-state index < -0.39 is 5.91 Å². The Morgan fingerprint density at radius 3 is 2.54 bits per heavy atom. The van der Waals surface area contributed by atoms with Gasteiger partial charge in [0, 0.05) is 24.6 Å². The average molecular weight is 323 g/mol. The number of furan rings is 1. The van der Waals surface area contributed by atoms with E-state index in [0.717, 1.165) is 17.1 Å². The highest BCUT2D eigenvalue weighted by Crippen LogP contribution is 2.22. The van der Waals surface area contributed by atoms with Crippen LogP contribution < -0.4 is 10.9 Å². The molecular formula is C18H17N3O3. The number of carbonyl (C=O) groups excluding carboxylic acids is 2. The fraction of sp³-hybridized carbons (Fsp3) is 0.111. The lowest BCUT2D eigenvalue weighted by molar-refractivity contribution is -0.121. The van der Waals surface area contributed by atoms with Crippen molar-refractivity contribution < 1.29 is 14.0 Å². The molecule has 3 rings (SSSR count). The first-order valence-corrected chi connectivity index (χ1v) is 7.59. The molecule has 0 aliphatic heterocycles. The number of amides is 2. The third-order valence-electron chi connectivity index (χ3n) is 3.48. The molecule has 0 radical (unpaired) electrons. The SMILES string of the molecule is O=C(CCc1ccc(-c2ccccc2)o1)NNC(=O)c1ccc[nH]1. The van der Waals surface area contributed by atoms with Crippen molar-refractivity contribution in [3.8, 4) is 11.3 Å². The Kier molecular flexibility index (Phi) is 4.76. The molecule has 3 N–H and O–H groups in total. The molecule has 24 heavy (non-hydrogen) atoms. The molecule has 2 heterocycles. The van der Waals surface area contributed by atoms with Crippen LogP contribution in [0.1, 0.15) is 22.7 Å². The predicted molar refractivity (Wildman–Crippen MR) is 88.9 cm³/mol. The minimum atomic E-state index is -0.391. The molecular weight excluding hydrogens is 306 g/mol. The number of aryl methyl sites for hydroxylation is 1. The van der Waals surface area contributed by atoms with Crippen LogP contribution in [0.15, 0.2) is 65.2 Å². The van der Waals surface area contributed by atoms with Gasteiger partial charge in [-0.15, -0.1) is 0 Å². The maximum Gasteiger partial charge on any atom is 0.286 e. The van der Waals surface area contributed by atoms with Crippen LogP contribution in [0.2, 0.25) is 0 Å². The van der Waals surface area contributed by atoms with Crippen molar-refractivity contribution in [2.45, 2.75) is 12.8 Å². The van der Waals surface area contributed by atoms with Crippen molar-refractivity contribution in [1.29, 1.82) is 0 Å². The number of benzene rings is 1. The van der Waals surface area contributed by atoms with E-state index in [1.165, 1.54) is 0 Å². The molecule has 0 saturated carbocycles. The third kappa shape index (κ3) is 3.92. The van der Waals surface area contributed by atoms with E-state index in [1.54, 1.807) is 18.3 Å². The first kappa shape index (κ1) is 15.6. The maximum absolute atomic E-state index is 11.8. The van der Waals surface area contributed by atoms with Crippen LogP contribution in [-0.4, -0.2) is 16.8 Å². The molecule has 0 aliphatic rings. The molecule has 0 aliphatic carbocycles. The van der Waals surface area contributed by atoms with Gasteiger partial charge >= 0.3 is 0 Å². The Bertz CT molecular complexity index is 807. The van der Waals surface area contributed by atoms with E-state index in [1.807, 2.05) is 42.5 Å². The molecule has 6 nitrogen and oxygen atoms in total. The minimum Gasteiger partial charge on any atom is -0.461 e. The minimum absolute atomic E-state index is 0.215. The second kappa shape index (κ2) is 7.32. The van der Waals surface area contributed by atoms with Gasteiger partial charge in [-0.1, -0.05) is 30.3 Å². The van der Waals surface area contributed by atoms with Crippen LogP contribution in [0.3, 0.4) is 0 Å². The van der Waals surface area contributed by atoms with Gasteiger partial charge in [-0.25, -0.2) is 0 Å². The number of aromatic amines is 1. The van der Waals surface area contributed by atoms with Crippen molar-refractivity contribution in [2.75, 3.05) is 0 Å². The van der Waals surface area contributed by atoms with E-state index in [4.69, 9.17) is 4.42 Å². The largest absolute Gasteiger partial charge is 0.461 e. The van der Waals surface area contributed by atoms with E-state index in [2.05, 4.69) is 15.8 Å². The van der Waals surface area contributed by atoms with E-state index in [9.17, 15) is 9.59 Å². The number of rotatable bonds is 5. The van der Waals surface area contributed by atoms with E-state index >= 15 is 0 Å². The van der Waals surface area contributed by atoms with Crippen molar-refractivity contribution >= 4 is 11.8 Å². The van der Waals surface area contributed by atoms with Crippen molar-refractivity contribution in [2.24, 2.45) is 0 Å². The van der Waals surface area contributed by atoms with Crippen LogP contribution in [0, 0.1) is 0 Å². The molecule has 0 saturated heterocycles. The highest BCUT2D eigenvalue weighted by Gasteiger charge is 2.09. The smallest absolute Gasteiger partial charge is 0.286 e. The van der Waals surface area contributed by atoms with Crippen LogP contribution in [-0.2, 0) is 11.2 Å². The normalized spacial score (nSPS) is 10.3. The second-order valence-corrected chi connectivity index (χ2v) is 5.22. The summed E-state index contributed by atoms with van der Waals surface area (Å²) in [4.78, 5) is 26.2. The van der Waals surface area contributed by atoms with Crippen molar-refractivity contribution in [3.63, 3.8) is 0 Å². The zero-order valence-corrected chi connectivity index (χ0v) is 12.9. The van der Waals surface area contributed by atoms with Gasteiger partial charge in [-0.2, -0.15) is 0 Å². The number of carbonyl (C=O) groups is 2. The number of hydrazine groups is 1. The van der Waals surface area contributed by atoms with Crippen LogP contribution in [0.5, 0.6) is 0 Å². The zero-order valence-electron chi connectivity index (χ0n) is 12.9. The quantitative estimate of drug-likeness (QED) is 0.631. The van der Waals surface area contributed by atoms with Gasteiger partial charge < -0.3 is 9.40 Å². The summed E-state index contributed by atoms with van der Waals surface area (Å²) < 4.78 is 5.73. The first-order valence-electron chi connectivity index (χ1n) is 7.59. The number of aromatic nitrogens is 1. The summed E-state index contributed by atoms with van der Waals surface area (Å²) in [6.07, 6.45) is 2.31. The summed E-state index contributed by atoms with van der Waals surface area (Å²) in [5, 5.41) is 0. The standard InChI is InChI=1S/C18H17N3O3/c22-17(20-21-18(23)15-7-4-12-19-15)11-9-14-8-10-16(24-14)13-5-2-1-3-6-13/h1-8,10,12,19H,9,11H2,(H,20,22)(H,21,23). The highest BCUT2D eigenvalue weighted by atomic mass is 16.3. The number of H-pyrrole nitrogens is 1. The number of hydrogen-bond acceptors (Lipinski definition) is 3. The van der Waals surface area contributed by atoms with Crippen LogP contribution >= 0.6 is 0 Å². The molecule has 122 valence electrons. The lowest BCUT2D eigenvalue weighted by atomic mass is 10.2. The van der Waals surface area contributed by atoms with Gasteiger partial charge in [0.1, 0.15) is 17.2 Å². The molecule has 0 atom stereocenters. The molecule has 0 fully saturated rings. The maximum atomic E-state index is 11.8. The van der Waals surface area contributed by atoms with Crippen molar-refractivity contribution in [1.82, 2.24) is 15.8 Å². The molecule has 1 aromatic carbocycles. The van der Waals surface area contributed by atoms with Gasteiger partial charge in [-0.05, 0) is 24.3 Å². The van der Waals surface area contributed by atoms with Crippen LogP contribution in [0.4, 0.5) is 0 Å². The Morgan fingerprint density at radius 1 is 0.958 bits per heavy atom. The topological polar surface area (TPSA) is 87.1 Å². The molecule has 0 spiro atoms. The predicted octanol–water partition coefficient (Wildman–Crippen LogP) is 2.67. The van der Waals surface area contributed by atoms with Gasteiger partial charge in [0.25, 0.3) is 5.91 Å². The lowest BCUT2D eigenvalue weighted by Crippen LogP contribution is -2.41. The highest BCUT2D eigenvalue weighted by molar-refractivity contribution is 5.93. The molecule has 2 amide bonds.